The highest BCUT2D eigenvalue weighted by atomic mass is 28.5. The largest absolute Gasteiger partial charge is 0.598 e. The second kappa shape index (κ2) is 13.1. The summed E-state index contributed by atoms with van der Waals surface area (Å²) in [7, 11) is -6.61. The van der Waals surface area contributed by atoms with E-state index < -0.39 is 17.9 Å². The van der Waals surface area contributed by atoms with Crippen LogP contribution in [0.1, 0.15) is 48.5 Å². The first kappa shape index (κ1) is 24.9. The zero-order chi connectivity index (χ0) is 19.3. The summed E-state index contributed by atoms with van der Waals surface area (Å²) in [5, 5.41) is 0. The Hall–Kier alpha value is -0.106. The topological polar surface area (TPSA) is 58.6 Å². The molecular formula is C16H37NO6Si2. The van der Waals surface area contributed by atoms with E-state index in [-0.39, 0.29) is 6.04 Å². The standard InChI is InChI=1S/C16H37NO6Si2/c1-9-16(8)17(24(18-10-2,19-11-3)20-12-4)25(21-13-5,22-14-6)23-15-7/h9,16H,1,10-15H2,2-8H3. The van der Waals surface area contributed by atoms with Crippen LogP contribution in [0.25, 0.3) is 0 Å². The highest BCUT2D eigenvalue weighted by Gasteiger charge is 2.65. The van der Waals surface area contributed by atoms with Crippen molar-refractivity contribution in [1.82, 2.24) is 4.23 Å². The lowest BCUT2D eigenvalue weighted by molar-refractivity contribution is -0.0241. The Morgan fingerprint density at radius 3 is 1.08 bits per heavy atom. The first-order valence-electron chi connectivity index (χ1n) is 9.22. The summed E-state index contributed by atoms with van der Waals surface area (Å²) in [5.41, 5.74) is 0. The quantitative estimate of drug-likeness (QED) is 0.294. The van der Waals surface area contributed by atoms with Gasteiger partial charge in [0.1, 0.15) is 0 Å². The van der Waals surface area contributed by atoms with Crippen molar-refractivity contribution in [2.45, 2.75) is 54.5 Å². The summed E-state index contributed by atoms with van der Waals surface area (Å²) in [4.78, 5) is 0. The minimum atomic E-state index is -3.31. The zero-order valence-corrected chi connectivity index (χ0v) is 19.0. The smallest absolute Gasteiger partial charge is 0.361 e. The van der Waals surface area contributed by atoms with Crippen molar-refractivity contribution < 1.29 is 26.6 Å². The molecule has 0 aliphatic rings. The molecule has 0 rings (SSSR count). The average molecular weight is 396 g/mol. The highest BCUT2D eigenvalue weighted by molar-refractivity contribution is 6.75. The fourth-order valence-corrected chi connectivity index (χ4v) is 9.77. The third-order valence-corrected chi connectivity index (χ3v) is 10.9. The predicted octanol–water partition coefficient (Wildman–Crippen LogP) is 2.95. The minimum Gasteiger partial charge on any atom is -0.361 e. The molecule has 7 nitrogen and oxygen atoms in total. The fraction of sp³-hybridized carbons (Fsp3) is 0.875. The molecule has 25 heavy (non-hydrogen) atoms. The Labute approximate surface area is 156 Å². The lowest BCUT2D eigenvalue weighted by Gasteiger charge is -2.46. The maximum Gasteiger partial charge on any atom is 0.598 e. The Morgan fingerprint density at radius 1 is 0.680 bits per heavy atom. The van der Waals surface area contributed by atoms with Crippen LogP contribution >= 0.6 is 0 Å². The molecule has 0 spiro atoms. The molecule has 1 unspecified atom stereocenters. The van der Waals surface area contributed by atoms with Crippen LogP contribution in [-0.4, -0.2) is 67.8 Å². The van der Waals surface area contributed by atoms with Crippen LogP contribution in [0.15, 0.2) is 12.7 Å². The number of hydrogen-bond donors (Lipinski definition) is 0. The molecule has 0 heterocycles. The first-order chi connectivity index (χ1) is 12.0. The van der Waals surface area contributed by atoms with Crippen molar-refractivity contribution in [3.05, 3.63) is 12.7 Å². The molecule has 9 heteroatoms. The summed E-state index contributed by atoms with van der Waals surface area (Å²) in [5.74, 6) is 0. The second-order valence-electron chi connectivity index (χ2n) is 4.99. The number of nitrogens with zero attached hydrogens (tertiary/aromatic N) is 1. The summed E-state index contributed by atoms with van der Waals surface area (Å²) >= 11 is 0. The van der Waals surface area contributed by atoms with Crippen LogP contribution in [0.5, 0.6) is 0 Å². The highest BCUT2D eigenvalue weighted by Crippen LogP contribution is 2.29. The predicted molar refractivity (Wildman–Crippen MR) is 103 cm³/mol. The fourth-order valence-electron chi connectivity index (χ4n) is 2.53. The molecule has 0 saturated heterocycles. The Kier molecular flexibility index (Phi) is 13.1. The van der Waals surface area contributed by atoms with E-state index in [1.807, 2.05) is 52.7 Å². The van der Waals surface area contributed by atoms with E-state index in [4.69, 9.17) is 26.6 Å². The molecule has 0 saturated carbocycles. The van der Waals surface area contributed by atoms with Gasteiger partial charge < -0.3 is 26.6 Å². The van der Waals surface area contributed by atoms with Crippen LogP contribution in [-0.2, 0) is 26.6 Å². The molecule has 0 aliphatic carbocycles. The molecule has 0 aromatic rings. The van der Waals surface area contributed by atoms with Gasteiger partial charge in [-0.1, -0.05) is 6.08 Å². The van der Waals surface area contributed by atoms with E-state index in [9.17, 15) is 0 Å². The van der Waals surface area contributed by atoms with Crippen LogP contribution < -0.4 is 0 Å². The lowest BCUT2D eigenvalue weighted by atomic mass is 10.4. The van der Waals surface area contributed by atoms with Gasteiger partial charge in [-0.3, -0.25) is 0 Å². The van der Waals surface area contributed by atoms with Gasteiger partial charge in [0.15, 0.2) is 0 Å². The Balaban J connectivity index is 6.36. The molecular weight excluding hydrogens is 358 g/mol. The van der Waals surface area contributed by atoms with E-state index in [0.717, 1.165) is 0 Å². The SMILES string of the molecule is C=CC(C)N([Si](OCC)(OCC)OCC)[Si](OCC)(OCC)OCC. The van der Waals surface area contributed by atoms with E-state index >= 15 is 0 Å². The van der Waals surface area contributed by atoms with Gasteiger partial charge in [0, 0.05) is 45.7 Å². The van der Waals surface area contributed by atoms with E-state index in [1.54, 1.807) is 6.08 Å². The molecule has 1 atom stereocenters. The first-order valence-corrected chi connectivity index (χ1v) is 12.6. The molecule has 0 bridgehead atoms. The van der Waals surface area contributed by atoms with Crippen molar-refractivity contribution in [2.75, 3.05) is 39.6 Å². The van der Waals surface area contributed by atoms with Gasteiger partial charge in [0.05, 0.1) is 0 Å². The van der Waals surface area contributed by atoms with Crippen LogP contribution in [0.3, 0.4) is 0 Å². The Morgan fingerprint density at radius 2 is 0.920 bits per heavy atom. The van der Waals surface area contributed by atoms with Crippen molar-refractivity contribution in [1.29, 1.82) is 0 Å². The molecule has 0 aromatic carbocycles. The maximum absolute atomic E-state index is 6.11. The van der Waals surface area contributed by atoms with E-state index in [2.05, 4.69) is 6.58 Å². The van der Waals surface area contributed by atoms with Gasteiger partial charge in [-0.2, -0.15) is 0 Å². The van der Waals surface area contributed by atoms with Gasteiger partial charge in [-0.15, -0.1) is 6.58 Å². The summed E-state index contributed by atoms with van der Waals surface area (Å²) < 4.78 is 38.6. The van der Waals surface area contributed by atoms with Crippen molar-refractivity contribution in [2.24, 2.45) is 0 Å². The van der Waals surface area contributed by atoms with Gasteiger partial charge in [0.2, 0.25) is 0 Å². The average Bonchev–Trinajstić information content (AvgIpc) is 2.56. The summed E-state index contributed by atoms with van der Waals surface area (Å²) in [6, 6.07) is -0.173. The van der Waals surface area contributed by atoms with Gasteiger partial charge in [-0.25, -0.2) is 4.23 Å². The van der Waals surface area contributed by atoms with Gasteiger partial charge >= 0.3 is 17.9 Å². The zero-order valence-electron chi connectivity index (χ0n) is 17.0. The maximum atomic E-state index is 6.11. The lowest BCUT2D eigenvalue weighted by Crippen LogP contribution is -2.76. The second-order valence-corrected chi connectivity index (χ2v) is 10.2. The molecule has 0 radical (unpaired) electrons. The normalized spacial score (nSPS) is 14.1. The molecule has 0 amide bonds. The molecule has 0 N–H and O–H groups in total. The van der Waals surface area contributed by atoms with Crippen LogP contribution in [0, 0.1) is 0 Å². The van der Waals surface area contributed by atoms with Crippen molar-refractivity contribution >= 4 is 17.9 Å². The molecule has 0 fully saturated rings. The molecule has 0 aromatic heterocycles. The number of rotatable bonds is 16. The van der Waals surface area contributed by atoms with Crippen molar-refractivity contribution in [3.8, 4) is 0 Å². The van der Waals surface area contributed by atoms with Crippen LogP contribution in [0.4, 0.5) is 0 Å². The third-order valence-electron chi connectivity index (χ3n) is 3.30. The monoisotopic (exact) mass is 395 g/mol. The van der Waals surface area contributed by atoms with Gasteiger partial charge in [-0.05, 0) is 48.5 Å². The van der Waals surface area contributed by atoms with E-state index in [0.29, 0.717) is 39.6 Å². The Bertz CT molecular complexity index is 301. The number of hydrogen-bond acceptors (Lipinski definition) is 7. The molecule has 150 valence electrons. The van der Waals surface area contributed by atoms with Crippen molar-refractivity contribution in [3.63, 3.8) is 0 Å². The summed E-state index contributed by atoms with van der Waals surface area (Å²) in [6.45, 7) is 20.1. The minimum absolute atomic E-state index is 0.173. The van der Waals surface area contributed by atoms with Gasteiger partial charge in [0.25, 0.3) is 0 Å². The van der Waals surface area contributed by atoms with E-state index in [1.165, 1.54) is 0 Å². The third kappa shape index (κ3) is 6.53. The van der Waals surface area contributed by atoms with Crippen LogP contribution in [0.2, 0.25) is 0 Å². The summed E-state index contributed by atoms with van der Waals surface area (Å²) in [6.07, 6.45) is 1.80. The molecule has 0 aliphatic heterocycles.